The van der Waals surface area contributed by atoms with Crippen LogP contribution in [0.25, 0.3) is 0 Å². The van der Waals surface area contributed by atoms with E-state index in [0.29, 0.717) is 6.10 Å². The summed E-state index contributed by atoms with van der Waals surface area (Å²) in [5, 5.41) is 5.57. The Hall–Kier alpha value is 0.1000. The molecule has 0 amide bonds. The van der Waals surface area contributed by atoms with Gasteiger partial charge in [-0.15, -0.1) is 11.3 Å². The lowest BCUT2D eigenvalue weighted by molar-refractivity contribution is 0.0142. The largest absolute Gasteiger partial charge is 0.377 e. The third-order valence-electron chi connectivity index (χ3n) is 3.87. The smallest absolute Gasteiger partial charge is 0.0594 e. The van der Waals surface area contributed by atoms with Crippen LogP contribution in [0.5, 0.6) is 0 Å². The molecule has 1 aliphatic rings. The van der Waals surface area contributed by atoms with E-state index in [2.05, 4.69) is 39.6 Å². The van der Waals surface area contributed by atoms with Gasteiger partial charge in [0.25, 0.3) is 0 Å². The average molecular weight is 346 g/mol. The van der Waals surface area contributed by atoms with Crippen molar-refractivity contribution in [3.8, 4) is 0 Å². The molecule has 0 aromatic carbocycles. The van der Waals surface area contributed by atoms with E-state index in [1.165, 1.54) is 41.5 Å². The molecule has 2 unspecified atom stereocenters. The van der Waals surface area contributed by atoms with Crippen LogP contribution in [0.2, 0.25) is 0 Å². The molecule has 1 N–H and O–H groups in total. The van der Waals surface area contributed by atoms with Gasteiger partial charge < -0.3 is 10.1 Å². The molecule has 2 nitrogen and oxygen atoms in total. The molecule has 1 saturated carbocycles. The van der Waals surface area contributed by atoms with Crippen LogP contribution in [-0.2, 0) is 11.3 Å². The zero-order chi connectivity index (χ0) is 13.5. The summed E-state index contributed by atoms with van der Waals surface area (Å²) in [5.41, 5.74) is 0. The highest BCUT2D eigenvalue weighted by molar-refractivity contribution is 9.10. The first-order valence-corrected chi connectivity index (χ1v) is 9.00. The van der Waals surface area contributed by atoms with Gasteiger partial charge in [0.1, 0.15) is 0 Å². The Kier molecular flexibility index (Phi) is 6.85. The van der Waals surface area contributed by atoms with Crippen LogP contribution in [0.15, 0.2) is 15.9 Å². The van der Waals surface area contributed by atoms with E-state index in [4.69, 9.17) is 4.74 Å². The van der Waals surface area contributed by atoms with E-state index in [0.717, 1.165) is 25.6 Å². The summed E-state index contributed by atoms with van der Waals surface area (Å²) < 4.78 is 7.17. The molecule has 2 atom stereocenters. The van der Waals surface area contributed by atoms with E-state index >= 15 is 0 Å². The Labute approximate surface area is 129 Å². The number of hydrogen-bond donors (Lipinski definition) is 1. The fourth-order valence-corrected chi connectivity index (χ4v) is 4.14. The van der Waals surface area contributed by atoms with E-state index < -0.39 is 0 Å². The minimum absolute atomic E-state index is 0.511. The van der Waals surface area contributed by atoms with E-state index in [1.807, 2.05) is 0 Å². The Morgan fingerprint density at radius 2 is 2.37 bits per heavy atom. The number of thiophene rings is 1. The Balaban J connectivity index is 1.54. The van der Waals surface area contributed by atoms with Crippen molar-refractivity contribution in [2.75, 3.05) is 13.2 Å². The SMILES string of the molecule is CCC1CCCC(OCCNCc2cc(Br)cs2)C1. The van der Waals surface area contributed by atoms with Crippen molar-refractivity contribution in [1.29, 1.82) is 0 Å². The van der Waals surface area contributed by atoms with Gasteiger partial charge in [-0.1, -0.05) is 26.2 Å². The predicted octanol–water partition coefficient (Wildman–Crippen LogP) is 4.59. The molecule has 108 valence electrons. The molecule has 19 heavy (non-hydrogen) atoms. The molecular formula is C15H24BrNOS. The van der Waals surface area contributed by atoms with Gasteiger partial charge >= 0.3 is 0 Å². The fourth-order valence-electron chi connectivity index (χ4n) is 2.72. The molecule has 1 heterocycles. The molecule has 0 bridgehead atoms. The Morgan fingerprint density at radius 1 is 1.47 bits per heavy atom. The lowest BCUT2D eigenvalue weighted by atomic mass is 9.85. The molecule has 0 spiro atoms. The molecule has 0 saturated heterocycles. The van der Waals surface area contributed by atoms with Crippen LogP contribution in [0.3, 0.4) is 0 Å². The third kappa shape index (κ3) is 5.54. The molecule has 1 fully saturated rings. The van der Waals surface area contributed by atoms with Crippen molar-refractivity contribution in [3.05, 3.63) is 20.8 Å². The monoisotopic (exact) mass is 345 g/mol. The molecule has 1 aliphatic carbocycles. The summed E-state index contributed by atoms with van der Waals surface area (Å²) in [6.07, 6.45) is 7.10. The maximum atomic E-state index is 5.99. The van der Waals surface area contributed by atoms with Gasteiger partial charge in [0, 0.05) is 27.8 Å². The predicted molar refractivity (Wildman–Crippen MR) is 85.7 cm³/mol. The number of nitrogens with one attached hydrogen (secondary N) is 1. The van der Waals surface area contributed by atoms with Crippen molar-refractivity contribution in [3.63, 3.8) is 0 Å². The summed E-state index contributed by atoms with van der Waals surface area (Å²) in [6, 6.07) is 2.17. The highest BCUT2D eigenvalue weighted by Gasteiger charge is 2.20. The van der Waals surface area contributed by atoms with Crippen molar-refractivity contribution in [1.82, 2.24) is 5.32 Å². The zero-order valence-electron chi connectivity index (χ0n) is 11.7. The standard InChI is InChI=1S/C15H24BrNOS/c1-2-12-4-3-5-14(8-12)18-7-6-17-10-15-9-13(16)11-19-15/h9,11-12,14,17H,2-8,10H2,1H3. The lowest BCUT2D eigenvalue weighted by Gasteiger charge is -2.28. The normalized spacial score (nSPS) is 23.7. The van der Waals surface area contributed by atoms with Gasteiger partial charge in [0.15, 0.2) is 0 Å². The van der Waals surface area contributed by atoms with Gasteiger partial charge in [-0.05, 0) is 40.8 Å². The molecule has 4 heteroatoms. The zero-order valence-corrected chi connectivity index (χ0v) is 14.1. The number of ether oxygens (including phenoxy) is 1. The average Bonchev–Trinajstić information content (AvgIpc) is 2.84. The van der Waals surface area contributed by atoms with Gasteiger partial charge in [0.2, 0.25) is 0 Å². The molecular weight excluding hydrogens is 322 g/mol. The fraction of sp³-hybridized carbons (Fsp3) is 0.733. The third-order valence-corrected chi connectivity index (χ3v) is 5.56. The van der Waals surface area contributed by atoms with Crippen LogP contribution < -0.4 is 5.32 Å². The van der Waals surface area contributed by atoms with Crippen LogP contribution in [0.4, 0.5) is 0 Å². The van der Waals surface area contributed by atoms with Crippen molar-refractivity contribution in [2.24, 2.45) is 5.92 Å². The van der Waals surface area contributed by atoms with Crippen LogP contribution in [0.1, 0.15) is 43.9 Å². The van der Waals surface area contributed by atoms with Crippen molar-refractivity contribution in [2.45, 2.75) is 51.7 Å². The summed E-state index contributed by atoms with van der Waals surface area (Å²) in [6.45, 7) is 5.03. The number of halogens is 1. The van der Waals surface area contributed by atoms with E-state index in [1.54, 1.807) is 11.3 Å². The second-order valence-electron chi connectivity index (χ2n) is 5.34. The summed E-state index contributed by atoms with van der Waals surface area (Å²) in [5.74, 6) is 0.898. The van der Waals surface area contributed by atoms with Gasteiger partial charge in [-0.2, -0.15) is 0 Å². The minimum atomic E-state index is 0.511. The Morgan fingerprint density at radius 3 is 3.11 bits per heavy atom. The summed E-state index contributed by atoms with van der Waals surface area (Å²) >= 11 is 5.27. The minimum Gasteiger partial charge on any atom is -0.377 e. The first-order chi connectivity index (χ1) is 9.28. The maximum absolute atomic E-state index is 5.99. The quantitative estimate of drug-likeness (QED) is 0.730. The van der Waals surface area contributed by atoms with E-state index in [9.17, 15) is 0 Å². The Bertz CT molecular complexity index is 369. The highest BCUT2D eigenvalue weighted by atomic mass is 79.9. The van der Waals surface area contributed by atoms with Gasteiger partial charge in [0.05, 0.1) is 12.7 Å². The van der Waals surface area contributed by atoms with E-state index in [-0.39, 0.29) is 0 Å². The topological polar surface area (TPSA) is 21.3 Å². The lowest BCUT2D eigenvalue weighted by Crippen LogP contribution is -2.26. The van der Waals surface area contributed by atoms with Crippen molar-refractivity contribution >= 4 is 27.3 Å². The summed E-state index contributed by atoms with van der Waals surface area (Å²) in [4.78, 5) is 1.37. The summed E-state index contributed by atoms with van der Waals surface area (Å²) in [7, 11) is 0. The van der Waals surface area contributed by atoms with Crippen LogP contribution >= 0.6 is 27.3 Å². The number of rotatable bonds is 7. The van der Waals surface area contributed by atoms with Gasteiger partial charge in [-0.3, -0.25) is 0 Å². The first-order valence-electron chi connectivity index (χ1n) is 7.33. The molecule has 1 aromatic heterocycles. The first kappa shape index (κ1) is 15.5. The molecule has 2 rings (SSSR count). The molecule has 1 aromatic rings. The molecule has 0 radical (unpaired) electrons. The maximum Gasteiger partial charge on any atom is 0.0594 e. The second-order valence-corrected chi connectivity index (χ2v) is 7.25. The highest BCUT2D eigenvalue weighted by Crippen LogP contribution is 2.28. The van der Waals surface area contributed by atoms with Crippen molar-refractivity contribution < 1.29 is 4.74 Å². The van der Waals surface area contributed by atoms with Crippen LogP contribution in [-0.4, -0.2) is 19.3 Å². The van der Waals surface area contributed by atoms with Crippen LogP contribution in [0, 0.1) is 5.92 Å². The van der Waals surface area contributed by atoms with Gasteiger partial charge in [-0.25, -0.2) is 0 Å². The molecule has 0 aliphatic heterocycles. The second kappa shape index (κ2) is 8.40. The number of hydrogen-bond acceptors (Lipinski definition) is 3.